The smallest absolute Gasteiger partial charge is 0.269 e. The van der Waals surface area contributed by atoms with Crippen molar-refractivity contribution in [2.75, 3.05) is 31.6 Å². The first kappa shape index (κ1) is 20.0. The van der Waals surface area contributed by atoms with Crippen molar-refractivity contribution in [1.29, 1.82) is 0 Å². The van der Waals surface area contributed by atoms with Crippen molar-refractivity contribution in [2.45, 2.75) is 13.3 Å². The van der Waals surface area contributed by atoms with Crippen molar-refractivity contribution < 1.29 is 23.8 Å². The van der Waals surface area contributed by atoms with Crippen LogP contribution in [-0.2, 0) is 9.53 Å². The van der Waals surface area contributed by atoms with Gasteiger partial charge in [0.1, 0.15) is 12.8 Å². The SMILES string of the molecule is CCOCCCN(CC(=O)Nc1ccon1)C(=O)c1ccc([N+](=O)[O-])cc1. The van der Waals surface area contributed by atoms with Gasteiger partial charge in [0.15, 0.2) is 5.82 Å². The number of nitro groups is 1. The van der Waals surface area contributed by atoms with Crippen LogP contribution in [-0.4, -0.2) is 53.1 Å². The van der Waals surface area contributed by atoms with Crippen LogP contribution in [0.2, 0.25) is 0 Å². The summed E-state index contributed by atoms with van der Waals surface area (Å²) in [6.45, 7) is 2.97. The highest BCUT2D eigenvalue weighted by molar-refractivity contribution is 5.99. The lowest BCUT2D eigenvalue weighted by Gasteiger charge is -2.22. The molecule has 10 nitrogen and oxygen atoms in total. The van der Waals surface area contributed by atoms with E-state index >= 15 is 0 Å². The fourth-order valence-electron chi connectivity index (χ4n) is 2.30. The van der Waals surface area contributed by atoms with Gasteiger partial charge in [-0.3, -0.25) is 19.7 Å². The molecule has 10 heteroatoms. The Balaban J connectivity index is 2.06. The molecule has 0 spiro atoms. The van der Waals surface area contributed by atoms with E-state index in [4.69, 9.17) is 4.74 Å². The van der Waals surface area contributed by atoms with Gasteiger partial charge in [0, 0.05) is 43.5 Å². The van der Waals surface area contributed by atoms with Crippen molar-refractivity contribution in [3.8, 4) is 0 Å². The summed E-state index contributed by atoms with van der Waals surface area (Å²) in [5, 5.41) is 16.9. The zero-order valence-electron chi connectivity index (χ0n) is 14.8. The molecule has 0 saturated heterocycles. The molecular formula is C17H20N4O6. The number of carbonyl (C=O) groups excluding carboxylic acids is 2. The summed E-state index contributed by atoms with van der Waals surface area (Å²) < 4.78 is 9.91. The van der Waals surface area contributed by atoms with Crippen LogP contribution in [0, 0.1) is 10.1 Å². The first-order valence-electron chi connectivity index (χ1n) is 8.33. The molecule has 2 aromatic rings. The fraction of sp³-hybridized carbons (Fsp3) is 0.353. The van der Waals surface area contributed by atoms with E-state index in [1.54, 1.807) is 0 Å². The molecule has 2 amide bonds. The largest absolute Gasteiger partial charge is 0.382 e. The minimum atomic E-state index is -0.542. The van der Waals surface area contributed by atoms with E-state index in [2.05, 4.69) is 15.0 Å². The third kappa shape index (κ3) is 6.19. The molecule has 27 heavy (non-hydrogen) atoms. The van der Waals surface area contributed by atoms with Crippen molar-refractivity contribution in [3.63, 3.8) is 0 Å². The number of amides is 2. The zero-order chi connectivity index (χ0) is 19.6. The normalized spacial score (nSPS) is 10.4. The predicted octanol–water partition coefficient (Wildman–Crippen LogP) is 2.09. The number of hydrogen-bond donors (Lipinski definition) is 1. The summed E-state index contributed by atoms with van der Waals surface area (Å²) in [5.74, 6) is -0.593. The van der Waals surface area contributed by atoms with Crippen molar-refractivity contribution >= 4 is 23.3 Å². The van der Waals surface area contributed by atoms with Crippen molar-refractivity contribution in [1.82, 2.24) is 10.1 Å². The van der Waals surface area contributed by atoms with Crippen LogP contribution in [0.4, 0.5) is 11.5 Å². The lowest BCUT2D eigenvalue weighted by molar-refractivity contribution is -0.384. The van der Waals surface area contributed by atoms with Gasteiger partial charge in [-0.25, -0.2) is 0 Å². The van der Waals surface area contributed by atoms with Crippen LogP contribution in [0.5, 0.6) is 0 Å². The third-order valence-electron chi connectivity index (χ3n) is 3.57. The maximum absolute atomic E-state index is 12.7. The summed E-state index contributed by atoms with van der Waals surface area (Å²) in [7, 11) is 0. The van der Waals surface area contributed by atoms with E-state index in [0.717, 1.165) is 0 Å². The highest BCUT2D eigenvalue weighted by Gasteiger charge is 2.20. The average Bonchev–Trinajstić information content (AvgIpc) is 3.16. The molecule has 1 aromatic carbocycles. The second-order valence-electron chi connectivity index (χ2n) is 5.51. The van der Waals surface area contributed by atoms with E-state index in [1.807, 2.05) is 6.92 Å². The predicted molar refractivity (Wildman–Crippen MR) is 95.2 cm³/mol. The first-order valence-corrected chi connectivity index (χ1v) is 8.33. The molecule has 0 unspecified atom stereocenters. The zero-order valence-corrected chi connectivity index (χ0v) is 14.8. The number of rotatable bonds is 10. The molecular weight excluding hydrogens is 356 g/mol. The molecule has 0 radical (unpaired) electrons. The third-order valence-corrected chi connectivity index (χ3v) is 3.57. The maximum Gasteiger partial charge on any atom is 0.269 e. The van der Waals surface area contributed by atoms with Gasteiger partial charge < -0.3 is 19.5 Å². The molecule has 0 saturated carbocycles. The molecule has 0 aliphatic carbocycles. The van der Waals surface area contributed by atoms with Crippen molar-refractivity contribution in [2.24, 2.45) is 0 Å². The van der Waals surface area contributed by atoms with Gasteiger partial charge in [-0.05, 0) is 25.5 Å². The minimum absolute atomic E-state index is 0.113. The van der Waals surface area contributed by atoms with Crippen LogP contribution in [0.3, 0.4) is 0 Å². The number of benzene rings is 1. The van der Waals surface area contributed by atoms with E-state index in [-0.39, 0.29) is 23.6 Å². The summed E-state index contributed by atoms with van der Waals surface area (Å²) in [6, 6.07) is 6.72. The summed E-state index contributed by atoms with van der Waals surface area (Å²) in [4.78, 5) is 36.5. The highest BCUT2D eigenvalue weighted by atomic mass is 16.6. The lowest BCUT2D eigenvalue weighted by Crippen LogP contribution is -2.39. The van der Waals surface area contributed by atoms with Crippen LogP contribution in [0.25, 0.3) is 0 Å². The molecule has 1 heterocycles. The number of nitrogens with one attached hydrogen (secondary N) is 1. The van der Waals surface area contributed by atoms with Gasteiger partial charge in [0.25, 0.3) is 11.6 Å². The first-order chi connectivity index (χ1) is 13.0. The molecule has 0 aliphatic heterocycles. The second-order valence-corrected chi connectivity index (χ2v) is 5.51. The number of ether oxygens (including phenoxy) is 1. The van der Waals surface area contributed by atoms with Crippen molar-refractivity contribution in [3.05, 3.63) is 52.3 Å². The second kappa shape index (κ2) is 10.0. The van der Waals surface area contributed by atoms with E-state index < -0.39 is 16.7 Å². The minimum Gasteiger partial charge on any atom is -0.382 e. The Morgan fingerprint density at radius 1 is 1.30 bits per heavy atom. The molecule has 1 N–H and O–H groups in total. The van der Waals surface area contributed by atoms with Gasteiger partial charge in [-0.2, -0.15) is 0 Å². The molecule has 0 bridgehead atoms. The number of nitro benzene ring substituents is 1. The Labute approximate surface area is 155 Å². The summed E-state index contributed by atoms with van der Waals surface area (Å²) in [5.41, 5.74) is 0.143. The number of aromatic nitrogens is 1. The number of nitrogens with zero attached hydrogens (tertiary/aromatic N) is 3. The average molecular weight is 376 g/mol. The Hall–Kier alpha value is -3.27. The standard InChI is InChI=1S/C17H20N4O6/c1-2-26-10-3-9-20(12-16(22)18-15-8-11-27-19-15)17(23)13-4-6-14(7-5-13)21(24)25/h4-8,11H,2-3,9-10,12H2,1H3,(H,18,19,22). The maximum atomic E-state index is 12.7. The van der Waals surface area contributed by atoms with E-state index in [0.29, 0.717) is 26.2 Å². The Morgan fingerprint density at radius 2 is 2.04 bits per heavy atom. The highest BCUT2D eigenvalue weighted by Crippen LogP contribution is 2.14. The Bertz CT molecular complexity index is 760. The number of carbonyl (C=O) groups is 2. The van der Waals surface area contributed by atoms with E-state index in [1.165, 1.54) is 41.5 Å². The van der Waals surface area contributed by atoms with Gasteiger partial charge in [0.05, 0.1) is 4.92 Å². The topological polar surface area (TPSA) is 128 Å². The Kier molecular flexibility index (Phi) is 7.44. The van der Waals surface area contributed by atoms with Crippen LogP contribution < -0.4 is 5.32 Å². The van der Waals surface area contributed by atoms with Crippen LogP contribution in [0.1, 0.15) is 23.7 Å². The number of hydrogen-bond acceptors (Lipinski definition) is 7. The lowest BCUT2D eigenvalue weighted by atomic mass is 10.1. The molecule has 144 valence electrons. The molecule has 0 fully saturated rings. The Morgan fingerprint density at radius 3 is 2.63 bits per heavy atom. The monoisotopic (exact) mass is 376 g/mol. The quantitative estimate of drug-likeness (QED) is 0.382. The summed E-state index contributed by atoms with van der Waals surface area (Å²) >= 11 is 0. The summed E-state index contributed by atoms with van der Waals surface area (Å²) in [6.07, 6.45) is 1.86. The molecule has 2 rings (SSSR count). The van der Waals surface area contributed by atoms with Gasteiger partial charge in [0.2, 0.25) is 5.91 Å². The van der Waals surface area contributed by atoms with Crippen LogP contribution >= 0.6 is 0 Å². The van der Waals surface area contributed by atoms with Gasteiger partial charge in [-0.15, -0.1) is 0 Å². The number of non-ortho nitro benzene ring substituents is 1. The fourth-order valence-corrected chi connectivity index (χ4v) is 2.30. The molecule has 0 aliphatic rings. The van der Waals surface area contributed by atoms with Gasteiger partial charge >= 0.3 is 0 Å². The van der Waals surface area contributed by atoms with Crippen LogP contribution in [0.15, 0.2) is 41.1 Å². The molecule has 0 atom stereocenters. The number of anilines is 1. The van der Waals surface area contributed by atoms with E-state index in [9.17, 15) is 19.7 Å². The molecule has 1 aromatic heterocycles. The van der Waals surface area contributed by atoms with Gasteiger partial charge in [-0.1, -0.05) is 5.16 Å².